The van der Waals surface area contributed by atoms with E-state index in [1.54, 1.807) is 6.92 Å². The van der Waals surface area contributed by atoms with Gasteiger partial charge in [0, 0.05) is 17.7 Å². The van der Waals surface area contributed by atoms with E-state index >= 15 is 0 Å². The number of rotatable bonds is 2. The Morgan fingerprint density at radius 3 is 2.93 bits per heavy atom. The molecule has 0 saturated heterocycles. The van der Waals surface area contributed by atoms with Crippen molar-refractivity contribution in [2.75, 3.05) is 0 Å². The van der Waals surface area contributed by atoms with Crippen LogP contribution in [0.3, 0.4) is 0 Å². The van der Waals surface area contributed by atoms with Crippen molar-refractivity contribution in [3.63, 3.8) is 0 Å². The van der Waals surface area contributed by atoms with Gasteiger partial charge in [-0.1, -0.05) is 0 Å². The zero-order valence-corrected chi connectivity index (χ0v) is 8.02. The predicted molar refractivity (Wildman–Crippen MR) is 48.7 cm³/mol. The summed E-state index contributed by atoms with van der Waals surface area (Å²) in [4.78, 5) is 14.6. The molecule has 2 aromatic heterocycles. The Labute approximate surface area is 83.0 Å². The molecule has 0 aliphatic carbocycles. The maximum absolute atomic E-state index is 10.7. The summed E-state index contributed by atoms with van der Waals surface area (Å²) in [5.41, 5.74) is 0.646. The molecular weight excluding hydrogens is 204 g/mol. The van der Waals surface area contributed by atoms with Gasteiger partial charge in [0.15, 0.2) is 0 Å². The molecule has 0 aliphatic rings. The van der Waals surface area contributed by atoms with Crippen molar-refractivity contribution in [3.8, 4) is 5.13 Å². The van der Waals surface area contributed by atoms with Crippen LogP contribution in [0.1, 0.15) is 16.1 Å². The van der Waals surface area contributed by atoms with Crippen LogP contribution in [0.25, 0.3) is 5.13 Å². The minimum atomic E-state index is -0.988. The van der Waals surface area contributed by atoms with Gasteiger partial charge in [0.05, 0.1) is 5.69 Å². The van der Waals surface area contributed by atoms with Gasteiger partial charge in [-0.25, -0.2) is 14.5 Å². The number of carbonyl (C=O) groups is 1. The monoisotopic (exact) mass is 210 g/mol. The van der Waals surface area contributed by atoms with E-state index in [0.717, 1.165) is 11.5 Å². The molecule has 0 atom stereocenters. The second-order valence-electron chi connectivity index (χ2n) is 2.60. The van der Waals surface area contributed by atoms with Crippen molar-refractivity contribution < 1.29 is 9.90 Å². The second-order valence-corrected chi connectivity index (χ2v) is 3.36. The molecule has 0 amide bonds. The fourth-order valence-electron chi connectivity index (χ4n) is 1.04. The Morgan fingerprint density at radius 1 is 1.64 bits per heavy atom. The molecular formula is C7H6N4O2S. The third kappa shape index (κ3) is 1.37. The first-order valence-corrected chi connectivity index (χ1v) is 4.52. The van der Waals surface area contributed by atoms with Gasteiger partial charge in [-0.15, -0.1) is 0 Å². The summed E-state index contributed by atoms with van der Waals surface area (Å²) in [5.74, 6) is -0.988. The van der Waals surface area contributed by atoms with E-state index in [1.807, 2.05) is 0 Å². The number of aromatic carboxylic acids is 1. The maximum Gasteiger partial charge on any atom is 0.339 e. The van der Waals surface area contributed by atoms with E-state index in [0.29, 0.717) is 10.8 Å². The van der Waals surface area contributed by atoms with E-state index in [2.05, 4.69) is 14.5 Å². The Kier molecular flexibility index (Phi) is 2.01. The molecule has 72 valence electrons. The molecule has 0 unspecified atom stereocenters. The van der Waals surface area contributed by atoms with Gasteiger partial charge in [-0.3, -0.25) is 0 Å². The van der Waals surface area contributed by atoms with Crippen molar-refractivity contribution >= 4 is 17.5 Å². The molecule has 0 aliphatic heterocycles. The number of nitrogens with zero attached hydrogens (tertiary/aromatic N) is 4. The molecule has 0 radical (unpaired) electrons. The normalized spacial score (nSPS) is 10.4. The van der Waals surface area contributed by atoms with E-state index in [9.17, 15) is 4.79 Å². The average Bonchev–Trinajstić information content (AvgIpc) is 2.70. The Hall–Kier alpha value is -1.76. The largest absolute Gasteiger partial charge is 0.478 e. The zero-order valence-electron chi connectivity index (χ0n) is 7.21. The van der Waals surface area contributed by atoms with E-state index in [1.165, 1.54) is 17.2 Å². The van der Waals surface area contributed by atoms with Crippen LogP contribution >= 0.6 is 11.5 Å². The maximum atomic E-state index is 10.7. The van der Waals surface area contributed by atoms with Crippen LogP contribution in [0, 0.1) is 6.92 Å². The van der Waals surface area contributed by atoms with Crippen LogP contribution in [0.5, 0.6) is 0 Å². The smallest absolute Gasteiger partial charge is 0.339 e. The SMILES string of the molecule is Cc1nn(-c2ncns2)cc1C(=O)O. The highest BCUT2D eigenvalue weighted by molar-refractivity contribution is 7.07. The fraction of sp³-hybridized carbons (Fsp3) is 0.143. The standard InChI is InChI=1S/C7H6N4O2S/c1-4-5(6(12)13)2-11(10-4)7-8-3-9-14-7/h2-3H,1H3,(H,12,13). The summed E-state index contributed by atoms with van der Waals surface area (Å²) < 4.78 is 5.22. The average molecular weight is 210 g/mol. The van der Waals surface area contributed by atoms with Gasteiger partial charge in [-0.05, 0) is 6.92 Å². The number of carboxylic acids is 1. The third-order valence-electron chi connectivity index (χ3n) is 1.67. The molecule has 6 nitrogen and oxygen atoms in total. The van der Waals surface area contributed by atoms with Gasteiger partial charge in [0.2, 0.25) is 5.13 Å². The quantitative estimate of drug-likeness (QED) is 0.790. The number of aromatic nitrogens is 4. The first-order valence-electron chi connectivity index (χ1n) is 3.75. The van der Waals surface area contributed by atoms with Crippen LogP contribution in [-0.2, 0) is 0 Å². The molecule has 2 aromatic rings. The molecule has 7 heteroatoms. The van der Waals surface area contributed by atoms with Gasteiger partial charge in [-0.2, -0.15) is 9.47 Å². The summed E-state index contributed by atoms with van der Waals surface area (Å²) in [5, 5.41) is 13.4. The fourth-order valence-corrected chi connectivity index (χ4v) is 1.50. The van der Waals surface area contributed by atoms with Crippen LogP contribution in [0.15, 0.2) is 12.5 Å². The molecule has 0 saturated carbocycles. The van der Waals surface area contributed by atoms with Crippen molar-refractivity contribution in [2.24, 2.45) is 0 Å². The number of carboxylic acid groups (broad SMARTS) is 1. The van der Waals surface area contributed by atoms with Crippen LogP contribution in [0.2, 0.25) is 0 Å². The summed E-state index contributed by atoms with van der Waals surface area (Å²) in [7, 11) is 0. The van der Waals surface area contributed by atoms with Crippen LogP contribution in [0.4, 0.5) is 0 Å². The molecule has 2 heterocycles. The second kappa shape index (κ2) is 3.18. The topological polar surface area (TPSA) is 80.9 Å². The molecule has 0 fully saturated rings. The molecule has 0 bridgehead atoms. The van der Waals surface area contributed by atoms with Crippen LogP contribution < -0.4 is 0 Å². The highest BCUT2D eigenvalue weighted by atomic mass is 32.1. The molecule has 0 aromatic carbocycles. The Bertz CT molecular complexity index is 462. The zero-order chi connectivity index (χ0) is 10.1. The van der Waals surface area contributed by atoms with Crippen molar-refractivity contribution in [2.45, 2.75) is 6.92 Å². The molecule has 14 heavy (non-hydrogen) atoms. The number of aryl methyl sites for hydroxylation is 1. The van der Waals surface area contributed by atoms with Gasteiger partial charge < -0.3 is 5.11 Å². The lowest BCUT2D eigenvalue weighted by Gasteiger charge is -1.89. The first-order chi connectivity index (χ1) is 6.68. The van der Waals surface area contributed by atoms with Crippen molar-refractivity contribution in [1.29, 1.82) is 0 Å². The van der Waals surface area contributed by atoms with E-state index in [4.69, 9.17) is 5.11 Å². The van der Waals surface area contributed by atoms with Crippen molar-refractivity contribution in [1.82, 2.24) is 19.1 Å². The summed E-state index contributed by atoms with van der Waals surface area (Å²) >= 11 is 1.16. The van der Waals surface area contributed by atoms with E-state index < -0.39 is 5.97 Å². The van der Waals surface area contributed by atoms with Gasteiger partial charge in [0.25, 0.3) is 0 Å². The minimum absolute atomic E-state index is 0.181. The molecule has 2 rings (SSSR count). The predicted octanol–water partition coefficient (Wildman–Crippen LogP) is 0.730. The highest BCUT2D eigenvalue weighted by Crippen LogP contribution is 2.11. The van der Waals surface area contributed by atoms with E-state index in [-0.39, 0.29) is 5.56 Å². The molecule has 1 N–H and O–H groups in total. The lowest BCUT2D eigenvalue weighted by molar-refractivity contribution is 0.0696. The lowest BCUT2D eigenvalue weighted by atomic mass is 10.3. The van der Waals surface area contributed by atoms with Crippen LogP contribution in [-0.4, -0.2) is 30.2 Å². The minimum Gasteiger partial charge on any atom is -0.478 e. The van der Waals surface area contributed by atoms with Gasteiger partial charge >= 0.3 is 5.97 Å². The van der Waals surface area contributed by atoms with Crippen molar-refractivity contribution in [3.05, 3.63) is 23.8 Å². The first kappa shape index (κ1) is 8.82. The highest BCUT2D eigenvalue weighted by Gasteiger charge is 2.13. The summed E-state index contributed by atoms with van der Waals surface area (Å²) in [6.45, 7) is 1.64. The molecule has 0 spiro atoms. The Morgan fingerprint density at radius 2 is 2.43 bits per heavy atom. The van der Waals surface area contributed by atoms with Gasteiger partial charge in [0.1, 0.15) is 11.9 Å². The summed E-state index contributed by atoms with van der Waals surface area (Å²) in [6.07, 6.45) is 2.83. The number of hydrogen-bond donors (Lipinski definition) is 1. The third-order valence-corrected chi connectivity index (χ3v) is 2.33. The number of hydrogen-bond acceptors (Lipinski definition) is 5. The lowest BCUT2D eigenvalue weighted by Crippen LogP contribution is -1.95. The Balaban J connectivity index is 2.48. The summed E-state index contributed by atoms with van der Waals surface area (Å²) in [6, 6.07) is 0.